The quantitative estimate of drug-likeness (QED) is 0.385. The lowest BCUT2D eigenvalue weighted by molar-refractivity contribution is -0.141. The predicted molar refractivity (Wildman–Crippen MR) is 153 cm³/mol. The number of nitrogens with zero attached hydrogens (tertiary/aromatic N) is 2. The van der Waals surface area contributed by atoms with Crippen LogP contribution in [0.3, 0.4) is 0 Å². The minimum Gasteiger partial charge on any atom is -0.352 e. The fraction of sp³-hybridized carbons (Fsp3) is 0.533. The molecule has 0 spiro atoms. The molecule has 2 amide bonds. The summed E-state index contributed by atoms with van der Waals surface area (Å²) in [7, 11) is -3.56. The predicted octanol–water partition coefficient (Wildman–Crippen LogP) is 5.25. The van der Waals surface area contributed by atoms with Gasteiger partial charge in [-0.25, -0.2) is 12.8 Å². The summed E-state index contributed by atoms with van der Waals surface area (Å²) in [5, 5.41) is 3.15. The van der Waals surface area contributed by atoms with Crippen LogP contribution in [0.5, 0.6) is 0 Å². The van der Waals surface area contributed by atoms with Crippen LogP contribution < -0.4 is 9.62 Å². The number of anilines is 1. The maximum atomic E-state index is 13.6. The number of benzene rings is 2. The zero-order valence-corrected chi connectivity index (χ0v) is 24.4. The van der Waals surface area contributed by atoms with Crippen LogP contribution in [0.2, 0.25) is 0 Å². The Hall–Kier alpha value is -2.94. The van der Waals surface area contributed by atoms with Crippen molar-refractivity contribution in [3.63, 3.8) is 0 Å². The Morgan fingerprint density at radius 1 is 1.03 bits per heavy atom. The van der Waals surface area contributed by atoms with E-state index in [1.807, 2.05) is 39.0 Å². The van der Waals surface area contributed by atoms with Gasteiger partial charge < -0.3 is 10.2 Å². The molecule has 9 heteroatoms. The van der Waals surface area contributed by atoms with E-state index in [2.05, 4.69) is 5.32 Å². The number of carbonyl (C=O) groups excluding carboxylic acids is 2. The topological polar surface area (TPSA) is 86.8 Å². The highest BCUT2D eigenvalue weighted by atomic mass is 32.2. The third-order valence-corrected chi connectivity index (χ3v) is 8.44. The molecule has 214 valence electrons. The lowest BCUT2D eigenvalue weighted by Crippen LogP contribution is -2.51. The minimum atomic E-state index is -3.56. The molecule has 1 aliphatic carbocycles. The number of amides is 2. The molecular formula is C30H42FN3O4S. The second kappa shape index (κ2) is 13.9. The van der Waals surface area contributed by atoms with Gasteiger partial charge in [0.25, 0.3) is 0 Å². The van der Waals surface area contributed by atoms with Gasteiger partial charge in [0, 0.05) is 25.6 Å². The molecule has 0 radical (unpaired) electrons. The van der Waals surface area contributed by atoms with E-state index in [0.717, 1.165) is 48.6 Å². The van der Waals surface area contributed by atoms with Crippen LogP contribution in [0.15, 0.2) is 42.5 Å². The van der Waals surface area contributed by atoms with Crippen molar-refractivity contribution in [1.29, 1.82) is 0 Å². The average molecular weight is 560 g/mol. The fourth-order valence-electron chi connectivity index (χ4n) is 5.35. The molecule has 39 heavy (non-hydrogen) atoms. The molecule has 1 fully saturated rings. The molecule has 1 N–H and O–H groups in total. The second-order valence-electron chi connectivity index (χ2n) is 10.7. The van der Waals surface area contributed by atoms with Gasteiger partial charge in [-0.2, -0.15) is 0 Å². The van der Waals surface area contributed by atoms with Gasteiger partial charge in [0.05, 0.1) is 11.9 Å². The number of hydrogen-bond acceptors (Lipinski definition) is 4. The fourth-order valence-corrected chi connectivity index (χ4v) is 6.30. The third kappa shape index (κ3) is 9.05. The molecule has 1 atom stereocenters. The standard InChI is InChI=1S/C30H42FN3O4S/c1-5-28(30(36)32-26-10-7-6-8-11-26)33(21-24-13-15-25(31)16-14-24)29(35)12-9-17-34(39(4,37)38)27-19-22(2)18-23(3)20-27/h13-16,18-20,26,28H,5-12,17,21H2,1-4H3,(H,32,36)/t28-/m0/s1. The highest BCUT2D eigenvalue weighted by molar-refractivity contribution is 7.92. The zero-order chi connectivity index (χ0) is 28.6. The maximum Gasteiger partial charge on any atom is 0.243 e. The molecule has 1 aliphatic rings. The van der Waals surface area contributed by atoms with E-state index < -0.39 is 16.1 Å². The van der Waals surface area contributed by atoms with E-state index >= 15 is 0 Å². The molecule has 1 saturated carbocycles. The van der Waals surface area contributed by atoms with Gasteiger partial charge in [-0.15, -0.1) is 0 Å². The number of nitrogens with one attached hydrogen (secondary N) is 1. The number of halogens is 1. The lowest BCUT2D eigenvalue weighted by Gasteiger charge is -2.33. The number of sulfonamides is 1. The van der Waals surface area contributed by atoms with E-state index in [1.54, 1.807) is 17.0 Å². The summed E-state index contributed by atoms with van der Waals surface area (Å²) in [5.74, 6) is -0.780. The largest absolute Gasteiger partial charge is 0.352 e. The molecule has 0 bridgehead atoms. The van der Waals surface area contributed by atoms with E-state index in [4.69, 9.17) is 0 Å². The lowest BCUT2D eigenvalue weighted by atomic mass is 9.95. The third-order valence-electron chi connectivity index (χ3n) is 7.25. The summed E-state index contributed by atoms with van der Waals surface area (Å²) >= 11 is 0. The Kier molecular flexibility index (Phi) is 10.9. The second-order valence-corrected chi connectivity index (χ2v) is 12.6. The van der Waals surface area contributed by atoms with Gasteiger partial charge in [-0.1, -0.05) is 44.4 Å². The molecule has 0 unspecified atom stereocenters. The Bertz CT molecular complexity index is 1210. The van der Waals surface area contributed by atoms with Gasteiger partial charge >= 0.3 is 0 Å². The Morgan fingerprint density at radius 3 is 2.21 bits per heavy atom. The molecule has 0 aliphatic heterocycles. The first-order valence-corrected chi connectivity index (χ1v) is 15.7. The van der Waals surface area contributed by atoms with Crippen LogP contribution >= 0.6 is 0 Å². The minimum absolute atomic E-state index is 0.0746. The molecule has 0 aromatic heterocycles. The molecule has 7 nitrogen and oxygen atoms in total. The van der Waals surface area contributed by atoms with Gasteiger partial charge in [0.1, 0.15) is 11.9 Å². The van der Waals surface area contributed by atoms with E-state index in [0.29, 0.717) is 18.5 Å². The van der Waals surface area contributed by atoms with Crippen molar-refractivity contribution >= 4 is 27.5 Å². The normalized spacial score (nSPS) is 15.0. The van der Waals surface area contributed by atoms with Gasteiger partial charge in [0.15, 0.2) is 0 Å². The van der Waals surface area contributed by atoms with Crippen LogP contribution in [-0.4, -0.2) is 50.0 Å². The van der Waals surface area contributed by atoms with Crippen molar-refractivity contribution in [2.45, 2.75) is 90.8 Å². The van der Waals surface area contributed by atoms with Crippen LogP contribution in [0.1, 0.15) is 75.0 Å². The van der Waals surface area contributed by atoms with E-state index in [-0.39, 0.29) is 43.2 Å². The van der Waals surface area contributed by atoms with Crippen molar-refractivity contribution in [1.82, 2.24) is 10.2 Å². The molecule has 3 rings (SSSR count). The van der Waals surface area contributed by atoms with E-state index in [1.165, 1.54) is 22.9 Å². The van der Waals surface area contributed by atoms with Crippen molar-refractivity contribution in [3.05, 3.63) is 65.0 Å². The first-order valence-electron chi connectivity index (χ1n) is 13.9. The smallest absolute Gasteiger partial charge is 0.243 e. The van der Waals surface area contributed by atoms with Crippen LogP contribution in [-0.2, 0) is 26.2 Å². The first-order chi connectivity index (χ1) is 18.5. The summed E-state index contributed by atoms with van der Waals surface area (Å²) in [4.78, 5) is 28.5. The summed E-state index contributed by atoms with van der Waals surface area (Å²) in [6.07, 6.45) is 7.17. The van der Waals surface area contributed by atoms with Crippen LogP contribution in [0.4, 0.5) is 10.1 Å². The summed E-state index contributed by atoms with van der Waals surface area (Å²) in [6, 6.07) is 11.0. The molecular weight excluding hydrogens is 517 g/mol. The highest BCUT2D eigenvalue weighted by Crippen LogP contribution is 2.23. The monoisotopic (exact) mass is 559 g/mol. The van der Waals surface area contributed by atoms with Gasteiger partial charge in [0.2, 0.25) is 21.8 Å². The zero-order valence-electron chi connectivity index (χ0n) is 23.6. The van der Waals surface area contributed by atoms with Crippen molar-refractivity contribution in [2.24, 2.45) is 0 Å². The molecule has 2 aromatic rings. The highest BCUT2D eigenvalue weighted by Gasteiger charge is 2.30. The Morgan fingerprint density at radius 2 is 1.64 bits per heavy atom. The SMILES string of the molecule is CC[C@@H](C(=O)NC1CCCCC1)N(Cc1ccc(F)cc1)C(=O)CCCN(c1cc(C)cc(C)c1)S(C)(=O)=O. The average Bonchev–Trinajstić information content (AvgIpc) is 2.86. The van der Waals surface area contributed by atoms with Crippen molar-refractivity contribution in [2.75, 3.05) is 17.1 Å². The number of carbonyl (C=O) groups is 2. The number of hydrogen-bond donors (Lipinski definition) is 1. The number of rotatable bonds is 12. The van der Waals surface area contributed by atoms with E-state index in [9.17, 15) is 22.4 Å². The summed E-state index contributed by atoms with van der Waals surface area (Å²) < 4.78 is 40.1. The molecule has 0 saturated heterocycles. The van der Waals surface area contributed by atoms with Gasteiger partial charge in [-0.3, -0.25) is 13.9 Å². The summed E-state index contributed by atoms with van der Waals surface area (Å²) in [5.41, 5.74) is 3.20. The van der Waals surface area contributed by atoms with Crippen molar-refractivity contribution < 1.29 is 22.4 Å². The Labute approximate surface area is 232 Å². The van der Waals surface area contributed by atoms with Crippen LogP contribution in [0.25, 0.3) is 0 Å². The first kappa shape index (κ1) is 30.6. The molecule has 2 aromatic carbocycles. The van der Waals surface area contributed by atoms with Gasteiger partial charge in [-0.05, 0) is 80.5 Å². The van der Waals surface area contributed by atoms with Crippen LogP contribution in [0, 0.1) is 19.7 Å². The maximum absolute atomic E-state index is 13.6. The molecule has 0 heterocycles. The Balaban J connectivity index is 1.76. The summed E-state index contributed by atoms with van der Waals surface area (Å²) in [6.45, 7) is 6.02. The van der Waals surface area contributed by atoms with Crippen molar-refractivity contribution in [3.8, 4) is 0 Å². The number of aryl methyl sites for hydroxylation is 2.